The van der Waals surface area contributed by atoms with Crippen LogP contribution in [0.4, 0.5) is 26.3 Å². The van der Waals surface area contributed by atoms with Crippen molar-refractivity contribution in [3.05, 3.63) is 64.6 Å². The topological polar surface area (TPSA) is 76.3 Å². The van der Waals surface area contributed by atoms with Crippen LogP contribution in [0.25, 0.3) is 16.7 Å². The van der Waals surface area contributed by atoms with Gasteiger partial charge in [0.2, 0.25) is 0 Å². The minimum atomic E-state index is -5.08. The molecule has 4 rings (SSSR count). The zero-order chi connectivity index (χ0) is 24.4. The van der Waals surface area contributed by atoms with Gasteiger partial charge in [-0.15, -0.1) is 0 Å². The molecule has 2 aromatic carbocycles. The van der Waals surface area contributed by atoms with E-state index in [0.717, 1.165) is 6.07 Å². The molecule has 1 aliphatic heterocycles. The Balaban J connectivity index is 0.000000383. The number of nitrogens with zero attached hydrogens (tertiary/aromatic N) is 2. The Bertz CT molecular complexity index is 1180. The highest BCUT2D eigenvalue weighted by Gasteiger charge is 2.38. The maximum Gasteiger partial charge on any atom is 0.490 e. The van der Waals surface area contributed by atoms with Crippen molar-refractivity contribution in [1.82, 2.24) is 14.5 Å². The largest absolute Gasteiger partial charge is 0.490 e. The number of imidazole rings is 1. The molecule has 1 aliphatic rings. The summed E-state index contributed by atoms with van der Waals surface area (Å²) in [7, 11) is 0. The van der Waals surface area contributed by atoms with Crippen molar-refractivity contribution in [2.45, 2.75) is 31.2 Å². The van der Waals surface area contributed by atoms with Crippen LogP contribution in [0.3, 0.4) is 0 Å². The number of benzene rings is 2. The summed E-state index contributed by atoms with van der Waals surface area (Å²) in [6.45, 7) is 1.37. The maximum atomic E-state index is 13.7. The van der Waals surface area contributed by atoms with Crippen molar-refractivity contribution in [2.24, 2.45) is 0 Å². The van der Waals surface area contributed by atoms with E-state index in [-0.39, 0.29) is 17.1 Å². The number of carboxylic acids is 1. The number of para-hydroxylation sites is 2. The second-order valence-electron chi connectivity index (χ2n) is 7.28. The summed E-state index contributed by atoms with van der Waals surface area (Å²) in [5.41, 5.74) is -0.361. The minimum absolute atomic E-state index is 0.0271. The van der Waals surface area contributed by atoms with Crippen LogP contribution >= 0.6 is 0 Å². The zero-order valence-corrected chi connectivity index (χ0v) is 17.0. The third kappa shape index (κ3) is 5.21. The van der Waals surface area contributed by atoms with Crippen LogP contribution in [0, 0.1) is 0 Å². The normalized spacial score (nSPS) is 15.2. The molecule has 2 N–H and O–H groups in total. The van der Waals surface area contributed by atoms with Crippen molar-refractivity contribution in [1.29, 1.82) is 0 Å². The average Bonchev–Trinajstić information content (AvgIpc) is 3.05. The highest BCUT2D eigenvalue weighted by molar-refractivity contribution is 5.82. The lowest BCUT2D eigenvalue weighted by molar-refractivity contribution is -0.192. The molecule has 0 amide bonds. The first-order chi connectivity index (χ1) is 15.4. The molecule has 33 heavy (non-hydrogen) atoms. The van der Waals surface area contributed by atoms with Crippen molar-refractivity contribution >= 4 is 17.0 Å². The highest BCUT2D eigenvalue weighted by atomic mass is 19.4. The van der Waals surface area contributed by atoms with Gasteiger partial charge in [0.25, 0.3) is 0 Å². The smallest absolute Gasteiger partial charge is 0.475 e. The number of alkyl halides is 6. The predicted octanol–water partition coefficient (Wildman–Crippen LogP) is 4.37. The number of carbonyl (C=O) groups is 1. The standard InChI is InChI=1S/C19H18F3N3O.C2HF3O2/c20-19(21,22)15-7-4-8-16-17(15)25(14-9-11-23-12-10-14)18(26)24(16)13-5-2-1-3-6-13;3-2(4,5)1(6)7/h1-8,14,23H,9-12H2;(H,6,7). The van der Waals surface area contributed by atoms with Crippen molar-refractivity contribution in [3.8, 4) is 5.69 Å². The quantitative estimate of drug-likeness (QED) is 0.540. The molecular formula is C21H19F6N3O3. The van der Waals surface area contributed by atoms with E-state index in [9.17, 15) is 31.1 Å². The number of hydrogen-bond acceptors (Lipinski definition) is 3. The summed E-state index contributed by atoms with van der Waals surface area (Å²) < 4.78 is 75.5. The first-order valence-electron chi connectivity index (χ1n) is 9.82. The summed E-state index contributed by atoms with van der Waals surface area (Å²) in [6, 6.07) is 12.5. The summed E-state index contributed by atoms with van der Waals surface area (Å²) in [5.74, 6) is -2.76. The van der Waals surface area contributed by atoms with Gasteiger partial charge in [0.15, 0.2) is 0 Å². The Kier molecular flexibility index (Phi) is 6.86. The molecular weight excluding hydrogens is 456 g/mol. The molecule has 6 nitrogen and oxygen atoms in total. The molecule has 0 radical (unpaired) electrons. The van der Waals surface area contributed by atoms with E-state index in [4.69, 9.17) is 9.90 Å². The number of carboxylic acid groups (broad SMARTS) is 1. The van der Waals surface area contributed by atoms with Crippen LogP contribution < -0.4 is 11.0 Å². The van der Waals surface area contributed by atoms with Gasteiger partial charge in [0.05, 0.1) is 22.3 Å². The van der Waals surface area contributed by atoms with E-state index in [1.54, 1.807) is 30.3 Å². The van der Waals surface area contributed by atoms with Gasteiger partial charge < -0.3 is 10.4 Å². The van der Waals surface area contributed by atoms with E-state index in [0.29, 0.717) is 31.6 Å². The average molecular weight is 475 g/mol. The van der Waals surface area contributed by atoms with E-state index >= 15 is 0 Å². The van der Waals surface area contributed by atoms with Crippen molar-refractivity contribution in [3.63, 3.8) is 0 Å². The molecule has 12 heteroatoms. The van der Waals surface area contributed by atoms with Gasteiger partial charge in [-0.1, -0.05) is 24.3 Å². The van der Waals surface area contributed by atoms with Crippen LogP contribution in [-0.4, -0.2) is 39.5 Å². The molecule has 0 spiro atoms. The van der Waals surface area contributed by atoms with Gasteiger partial charge in [-0.25, -0.2) is 9.59 Å². The lowest BCUT2D eigenvalue weighted by Gasteiger charge is -2.24. The fraction of sp³-hybridized carbons (Fsp3) is 0.333. The van der Waals surface area contributed by atoms with Crippen LogP contribution in [0.15, 0.2) is 53.3 Å². The molecule has 0 atom stereocenters. The SMILES string of the molecule is O=C(O)C(F)(F)F.O=c1n(-c2ccccc2)c2cccc(C(F)(F)F)c2n1C1CCNCC1. The molecule has 3 aromatic rings. The predicted molar refractivity (Wildman–Crippen MR) is 107 cm³/mol. The zero-order valence-electron chi connectivity index (χ0n) is 17.0. The van der Waals surface area contributed by atoms with Gasteiger partial charge in [-0.3, -0.25) is 9.13 Å². The molecule has 0 aliphatic carbocycles. The van der Waals surface area contributed by atoms with Crippen LogP contribution in [0.2, 0.25) is 0 Å². The van der Waals surface area contributed by atoms with E-state index in [2.05, 4.69) is 5.32 Å². The molecule has 1 saturated heterocycles. The Morgan fingerprint density at radius 3 is 2.03 bits per heavy atom. The van der Waals surface area contributed by atoms with Gasteiger partial charge in [-0.05, 0) is 50.2 Å². The number of fused-ring (bicyclic) bond motifs is 1. The molecule has 178 valence electrons. The summed E-state index contributed by atoms with van der Waals surface area (Å²) in [5, 5.41) is 10.3. The Labute approximate surface area is 183 Å². The summed E-state index contributed by atoms with van der Waals surface area (Å²) in [6.07, 6.45) is -8.36. The fourth-order valence-corrected chi connectivity index (χ4v) is 3.73. The maximum absolute atomic E-state index is 13.7. The molecule has 1 aromatic heterocycles. The monoisotopic (exact) mass is 475 g/mol. The second kappa shape index (κ2) is 9.30. The molecule has 2 heterocycles. The van der Waals surface area contributed by atoms with Crippen LogP contribution in [0.1, 0.15) is 24.4 Å². The summed E-state index contributed by atoms with van der Waals surface area (Å²) >= 11 is 0. The van der Waals surface area contributed by atoms with Crippen molar-refractivity contribution < 1.29 is 36.2 Å². The second-order valence-corrected chi connectivity index (χ2v) is 7.28. The number of piperidine rings is 1. The van der Waals surface area contributed by atoms with Gasteiger partial charge >= 0.3 is 24.0 Å². The minimum Gasteiger partial charge on any atom is -0.475 e. The molecule has 0 unspecified atom stereocenters. The molecule has 0 saturated carbocycles. The lowest BCUT2D eigenvalue weighted by Crippen LogP contribution is -2.35. The number of halogens is 6. The number of aromatic nitrogens is 2. The first kappa shape index (κ1) is 24.4. The fourth-order valence-electron chi connectivity index (χ4n) is 3.73. The number of rotatable bonds is 2. The van der Waals surface area contributed by atoms with E-state index in [1.807, 2.05) is 6.07 Å². The third-order valence-electron chi connectivity index (χ3n) is 5.13. The van der Waals surface area contributed by atoms with Crippen molar-refractivity contribution in [2.75, 3.05) is 13.1 Å². The van der Waals surface area contributed by atoms with E-state index < -0.39 is 29.6 Å². The Morgan fingerprint density at radius 2 is 1.52 bits per heavy atom. The summed E-state index contributed by atoms with van der Waals surface area (Å²) in [4.78, 5) is 22.1. The highest BCUT2D eigenvalue weighted by Crippen LogP contribution is 2.37. The first-order valence-corrected chi connectivity index (χ1v) is 9.82. The van der Waals surface area contributed by atoms with Gasteiger partial charge in [-0.2, -0.15) is 26.3 Å². The van der Waals surface area contributed by atoms with Gasteiger partial charge in [0.1, 0.15) is 0 Å². The lowest BCUT2D eigenvalue weighted by atomic mass is 10.1. The number of aliphatic carboxylic acids is 1. The Morgan fingerprint density at radius 1 is 0.939 bits per heavy atom. The third-order valence-corrected chi connectivity index (χ3v) is 5.13. The van der Waals surface area contributed by atoms with Crippen LogP contribution in [-0.2, 0) is 11.0 Å². The number of hydrogen-bond donors (Lipinski definition) is 2. The molecule has 1 fully saturated rings. The molecule has 0 bridgehead atoms. The van der Waals surface area contributed by atoms with Crippen LogP contribution in [0.5, 0.6) is 0 Å². The Hall–Kier alpha value is -3.28. The number of nitrogens with one attached hydrogen (secondary N) is 1. The van der Waals surface area contributed by atoms with Gasteiger partial charge in [0, 0.05) is 6.04 Å². The van der Waals surface area contributed by atoms with E-state index in [1.165, 1.54) is 15.2 Å².